The number of rotatable bonds is 12. The number of nitrogens with zero attached hydrogens (tertiary/aromatic N) is 3. The number of hydrogen-bond acceptors (Lipinski definition) is 9. The Balaban J connectivity index is 0.936. The van der Waals surface area contributed by atoms with Gasteiger partial charge in [-0.3, -0.25) is 15.3 Å². The van der Waals surface area contributed by atoms with Gasteiger partial charge >= 0.3 is 5.97 Å². The van der Waals surface area contributed by atoms with Crippen LogP contribution in [0.4, 0.5) is 5.95 Å². The highest BCUT2D eigenvalue weighted by Crippen LogP contribution is 2.51. The fraction of sp³-hybridized carbons (Fsp3) is 0.438. The SMILES string of the molecule is O=C(NO)c1cnc(N2CC3C(CNCc4ccc(CN[C@H](C(=O)OC5CCCC5)c5ccccc5)cc4)[C@@H]3C2)nc1. The van der Waals surface area contributed by atoms with Crippen molar-refractivity contribution in [3.8, 4) is 0 Å². The van der Waals surface area contributed by atoms with E-state index >= 15 is 0 Å². The Morgan fingerprint density at radius 3 is 2.21 bits per heavy atom. The number of hydroxylamine groups is 1. The Hall–Kier alpha value is -3.86. The number of fused-ring (bicyclic) bond motifs is 1. The van der Waals surface area contributed by atoms with Crippen LogP contribution in [0.1, 0.15) is 58.8 Å². The highest BCUT2D eigenvalue weighted by atomic mass is 16.5. The van der Waals surface area contributed by atoms with Crippen LogP contribution >= 0.6 is 0 Å². The van der Waals surface area contributed by atoms with Gasteiger partial charge in [0.15, 0.2) is 0 Å². The van der Waals surface area contributed by atoms with E-state index in [4.69, 9.17) is 9.94 Å². The maximum atomic E-state index is 13.0. The zero-order chi connectivity index (χ0) is 28.9. The van der Waals surface area contributed by atoms with Gasteiger partial charge in [-0.05, 0) is 66.7 Å². The standard InChI is InChI=1S/C32H38N6O4/c39-30(37-41)24-16-35-32(36-17-24)38-19-27-26(28(27)20-38)18-33-14-21-10-12-22(13-11-21)15-34-29(23-6-2-1-3-7-23)31(40)42-25-8-4-5-9-25/h1-3,6-7,10-13,16-17,25-29,33-34,41H,4-5,8-9,14-15,18-20H2,(H,37,39)/t26?,27-,28?,29-/m0/s1. The lowest BCUT2D eigenvalue weighted by atomic mass is 10.1. The molecular weight excluding hydrogens is 532 g/mol. The lowest BCUT2D eigenvalue weighted by Crippen LogP contribution is -2.32. The van der Waals surface area contributed by atoms with Gasteiger partial charge in [-0.1, -0.05) is 54.6 Å². The van der Waals surface area contributed by atoms with Crippen LogP contribution in [0.15, 0.2) is 67.0 Å². The van der Waals surface area contributed by atoms with E-state index in [0.29, 0.717) is 30.2 Å². The second-order valence-electron chi connectivity index (χ2n) is 11.6. The summed E-state index contributed by atoms with van der Waals surface area (Å²) in [4.78, 5) is 35.2. The monoisotopic (exact) mass is 570 g/mol. The molecule has 1 aromatic heterocycles. The van der Waals surface area contributed by atoms with Gasteiger partial charge in [0.05, 0.1) is 5.56 Å². The number of anilines is 1. The number of ether oxygens (including phenoxy) is 1. The van der Waals surface area contributed by atoms with Crippen LogP contribution in [-0.2, 0) is 22.6 Å². The smallest absolute Gasteiger partial charge is 0.328 e. The molecule has 2 saturated carbocycles. The lowest BCUT2D eigenvalue weighted by Gasteiger charge is -2.21. The number of piperidine rings is 1. The van der Waals surface area contributed by atoms with Gasteiger partial charge in [0.1, 0.15) is 12.1 Å². The lowest BCUT2D eigenvalue weighted by molar-refractivity contribution is -0.151. The molecule has 1 amide bonds. The maximum Gasteiger partial charge on any atom is 0.328 e. The van der Waals surface area contributed by atoms with Crippen molar-refractivity contribution in [1.82, 2.24) is 26.1 Å². The molecule has 1 aliphatic heterocycles. The third-order valence-corrected chi connectivity index (χ3v) is 8.85. The normalized spacial score (nSPS) is 22.0. The quantitative estimate of drug-likeness (QED) is 0.147. The van der Waals surface area contributed by atoms with Crippen molar-refractivity contribution in [3.63, 3.8) is 0 Å². The minimum atomic E-state index is -0.615. The Bertz CT molecular complexity index is 1340. The molecule has 10 nitrogen and oxygen atoms in total. The molecule has 6 rings (SSSR count). The van der Waals surface area contributed by atoms with E-state index in [1.807, 2.05) is 30.3 Å². The van der Waals surface area contributed by atoms with Crippen molar-refractivity contribution in [3.05, 3.63) is 89.2 Å². The summed E-state index contributed by atoms with van der Waals surface area (Å²) >= 11 is 0. The van der Waals surface area contributed by atoms with Crippen LogP contribution in [0.25, 0.3) is 0 Å². The predicted molar refractivity (Wildman–Crippen MR) is 156 cm³/mol. The predicted octanol–water partition coefficient (Wildman–Crippen LogP) is 3.38. The molecule has 4 N–H and O–H groups in total. The van der Waals surface area contributed by atoms with Crippen LogP contribution in [0.3, 0.4) is 0 Å². The molecule has 220 valence electrons. The fourth-order valence-corrected chi connectivity index (χ4v) is 6.38. The van der Waals surface area contributed by atoms with E-state index in [1.54, 1.807) is 5.48 Å². The molecule has 2 aromatic carbocycles. The van der Waals surface area contributed by atoms with Gasteiger partial charge in [-0.2, -0.15) is 0 Å². The average Bonchev–Trinajstić information content (AvgIpc) is 3.37. The zero-order valence-electron chi connectivity index (χ0n) is 23.6. The van der Waals surface area contributed by atoms with Gasteiger partial charge in [-0.25, -0.2) is 20.2 Å². The topological polar surface area (TPSA) is 129 Å². The Morgan fingerprint density at radius 2 is 1.57 bits per heavy atom. The first-order chi connectivity index (χ1) is 20.6. The van der Waals surface area contributed by atoms with Crippen LogP contribution in [0, 0.1) is 17.8 Å². The van der Waals surface area contributed by atoms with Gasteiger partial charge < -0.3 is 15.0 Å². The van der Waals surface area contributed by atoms with Crippen LogP contribution < -0.4 is 21.0 Å². The number of nitrogens with one attached hydrogen (secondary N) is 3. The Labute approximate surface area is 245 Å². The molecule has 0 radical (unpaired) electrons. The summed E-state index contributed by atoms with van der Waals surface area (Å²) < 4.78 is 5.84. The van der Waals surface area contributed by atoms with E-state index in [2.05, 4.69) is 49.8 Å². The Kier molecular flexibility index (Phi) is 8.73. The summed E-state index contributed by atoms with van der Waals surface area (Å²) in [6, 6.07) is 17.8. The van der Waals surface area contributed by atoms with Gasteiger partial charge in [0.2, 0.25) is 5.95 Å². The van der Waals surface area contributed by atoms with Crippen molar-refractivity contribution >= 4 is 17.8 Å². The minimum absolute atomic E-state index is 0.0432. The molecule has 0 bridgehead atoms. The van der Waals surface area contributed by atoms with Crippen molar-refractivity contribution in [2.45, 2.75) is 50.9 Å². The summed E-state index contributed by atoms with van der Waals surface area (Å²) in [5, 5.41) is 15.8. The van der Waals surface area contributed by atoms with Crippen LogP contribution in [0.2, 0.25) is 0 Å². The number of hydrogen-bond donors (Lipinski definition) is 4. The largest absolute Gasteiger partial charge is 0.461 e. The minimum Gasteiger partial charge on any atom is -0.461 e. The number of carbonyl (C=O) groups excluding carboxylic acids is 2. The summed E-state index contributed by atoms with van der Waals surface area (Å²) in [6.07, 6.45) is 7.09. The summed E-state index contributed by atoms with van der Waals surface area (Å²) in [5.74, 6) is 1.73. The Morgan fingerprint density at radius 1 is 0.929 bits per heavy atom. The maximum absolute atomic E-state index is 13.0. The molecule has 3 aliphatic rings. The molecule has 2 heterocycles. The number of aromatic nitrogens is 2. The van der Waals surface area contributed by atoms with Crippen LogP contribution in [-0.4, -0.2) is 52.8 Å². The van der Waals surface area contributed by atoms with Crippen molar-refractivity contribution < 1.29 is 19.5 Å². The summed E-state index contributed by atoms with van der Waals surface area (Å²) in [5.41, 5.74) is 5.10. The second-order valence-corrected chi connectivity index (χ2v) is 11.6. The molecular formula is C32H38N6O4. The third-order valence-electron chi connectivity index (χ3n) is 8.85. The van der Waals surface area contributed by atoms with Crippen molar-refractivity contribution in [1.29, 1.82) is 0 Å². The molecule has 2 aliphatic carbocycles. The molecule has 10 heteroatoms. The average molecular weight is 571 g/mol. The fourth-order valence-electron chi connectivity index (χ4n) is 6.38. The number of carbonyl (C=O) groups is 2. The van der Waals surface area contributed by atoms with Crippen molar-refractivity contribution in [2.75, 3.05) is 24.5 Å². The molecule has 3 aromatic rings. The van der Waals surface area contributed by atoms with E-state index in [0.717, 1.165) is 63.0 Å². The van der Waals surface area contributed by atoms with E-state index < -0.39 is 11.9 Å². The second kappa shape index (κ2) is 13.0. The molecule has 0 spiro atoms. The van der Waals surface area contributed by atoms with Crippen LogP contribution in [0.5, 0.6) is 0 Å². The first kappa shape index (κ1) is 28.3. The number of benzene rings is 2. The zero-order valence-corrected chi connectivity index (χ0v) is 23.6. The van der Waals surface area contributed by atoms with Gasteiger partial charge in [0.25, 0.3) is 5.91 Å². The molecule has 2 unspecified atom stereocenters. The number of esters is 1. The third kappa shape index (κ3) is 6.61. The summed E-state index contributed by atoms with van der Waals surface area (Å²) in [7, 11) is 0. The van der Waals surface area contributed by atoms with E-state index in [9.17, 15) is 9.59 Å². The van der Waals surface area contributed by atoms with Gasteiger partial charge in [0, 0.05) is 38.6 Å². The first-order valence-electron chi connectivity index (χ1n) is 14.9. The highest BCUT2D eigenvalue weighted by Gasteiger charge is 2.55. The summed E-state index contributed by atoms with van der Waals surface area (Å²) in [6.45, 7) is 4.21. The molecule has 4 atom stereocenters. The van der Waals surface area contributed by atoms with Crippen molar-refractivity contribution in [2.24, 2.45) is 17.8 Å². The first-order valence-corrected chi connectivity index (χ1v) is 14.9. The molecule has 42 heavy (non-hydrogen) atoms. The molecule has 1 saturated heterocycles. The van der Waals surface area contributed by atoms with E-state index in [1.165, 1.54) is 18.0 Å². The number of amides is 1. The van der Waals surface area contributed by atoms with Gasteiger partial charge in [-0.15, -0.1) is 0 Å². The molecule has 3 fully saturated rings. The van der Waals surface area contributed by atoms with E-state index in [-0.39, 0.29) is 17.6 Å². The highest BCUT2D eigenvalue weighted by molar-refractivity contribution is 5.92.